The smallest absolute Gasteiger partial charge is 0.0519 e. The van der Waals surface area contributed by atoms with Crippen LogP contribution in [0.15, 0.2) is 28.7 Å². The third kappa shape index (κ3) is 2.93. The minimum atomic E-state index is 0.828. The van der Waals surface area contributed by atoms with Gasteiger partial charge in [-0.05, 0) is 11.6 Å². The normalized spacial score (nSPS) is 10.0. The number of hydrogen-bond acceptors (Lipinski definition) is 1. The summed E-state index contributed by atoms with van der Waals surface area (Å²) in [7, 11) is 0. The van der Waals surface area contributed by atoms with Crippen molar-refractivity contribution >= 4 is 31.9 Å². The topological polar surface area (TPSA) is 12.0 Å². The lowest BCUT2D eigenvalue weighted by Crippen LogP contribution is -2.09. The summed E-state index contributed by atoms with van der Waals surface area (Å²) >= 11 is 6.78. The molecule has 0 heterocycles. The lowest BCUT2D eigenvalue weighted by Gasteiger charge is -2.02. The van der Waals surface area contributed by atoms with Gasteiger partial charge in [0.25, 0.3) is 0 Å². The molecule has 0 amide bonds. The predicted octanol–water partition coefficient (Wildman–Crippen LogP) is 2.89. The van der Waals surface area contributed by atoms with Gasteiger partial charge in [-0.3, -0.25) is 0 Å². The van der Waals surface area contributed by atoms with Crippen LogP contribution in [0.5, 0.6) is 0 Å². The Balaban J connectivity index is 2.62. The fourth-order valence-corrected chi connectivity index (χ4v) is 1.45. The number of alkyl halides is 1. The van der Waals surface area contributed by atoms with Gasteiger partial charge in [0.1, 0.15) is 0 Å². The quantitative estimate of drug-likeness (QED) is 0.662. The Kier molecular flexibility index (Phi) is 4.12. The molecule has 0 bridgehead atoms. The van der Waals surface area contributed by atoms with Crippen LogP contribution >= 0.6 is 31.9 Å². The largest absolute Gasteiger partial charge is 0.303 e. The van der Waals surface area contributed by atoms with Crippen LogP contribution in [0.25, 0.3) is 0 Å². The van der Waals surface area contributed by atoms with E-state index in [1.807, 2.05) is 18.2 Å². The van der Waals surface area contributed by atoms with Crippen LogP contribution in [-0.4, -0.2) is 5.45 Å². The van der Waals surface area contributed by atoms with E-state index in [0.717, 1.165) is 16.5 Å². The molecule has 60 valence electrons. The van der Waals surface area contributed by atoms with Crippen LogP contribution in [0.1, 0.15) is 5.56 Å². The molecular weight excluding hydrogens is 270 g/mol. The summed E-state index contributed by atoms with van der Waals surface area (Å²) in [5.74, 6) is 0. The van der Waals surface area contributed by atoms with Gasteiger partial charge in [-0.2, -0.15) is 0 Å². The molecule has 1 aromatic carbocycles. The molecule has 0 aliphatic heterocycles. The number of benzene rings is 1. The number of halogens is 2. The molecule has 0 radical (unpaired) electrons. The zero-order valence-corrected chi connectivity index (χ0v) is 9.15. The maximum absolute atomic E-state index is 3.47. The molecule has 0 spiro atoms. The van der Waals surface area contributed by atoms with Gasteiger partial charge >= 0.3 is 0 Å². The second kappa shape index (κ2) is 4.91. The van der Waals surface area contributed by atoms with Crippen molar-refractivity contribution in [3.8, 4) is 0 Å². The first-order valence-electron chi connectivity index (χ1n) is 3.34. The first-order chi connectivity index (χ1) is 5.34. The van der Waals surface area contributed by atoms with E-state index in [2.05, 4.69) is 43.2 Å². The summed E-state index contributed by atoms with van der Waals surface area (Å²) in [4.78, 5) is 0. The molecule has 1 N–H and O–H groups in total. The van der Waals surface area contributed by atoms with Crippen molar-refractivity contribution in [3.63, 3.8) is 0 Å². The summed E-state index contributed by atoms with van der Waals surface area (Å²) in [6, 6.07) is 8.20. The maximum Gasteiger partial charge on any atom is 0.0519 e. The molecule has 1 nitrogen and oxygen atoms in total. The van der Waals surface area contributed by atoms with Crippen molar-refractivity contribution in [2.24, 2.45) is 0 Å². The average Bonchev–Trinajstić information content (AvgIpc) is 2.03. The fourth-order valence-electron chi connectivity index (χ4n) is 0.824. The second-order valence-electron chi connectivity index (χ2n) is 2.15. The molecule has 0 aromatic heterocycles. The van der Waals surface area contributed by atoms with E-state index in [4.69, 9.17) is 0 Å². The van der Waals surface area contributed by atoms with Crippen LogP contribution in [0.3, 0.4) is 0 Å². The van der Waals surface area contributed by atoms with Gasteiger partial charge in [0.05, 0.1) is 5.45 Å². The van der Waals surface area contributed by atoms with E-state index >= 15 is 0 Å². The van der Waals surface area contributed by atoms with Gasteiger partial charge in [-0.15, -0.1) is 0 Å². The number of hydrogen-bond donors (Lipinski definition) is 1. The zero-order valence-electron chi connectivity index (χ0n) is 5.98. The van der Waals surface area contributed by atoms with E-state index in [0.29, 0.717) is 0 Å². The minimum absolute atomic E-state index is 0.828. The number of rotatable bonds is 3. The van der Waals surface area contributed by atoms with Crippen molar-refractivity contribution in [2.45, 2.75) is 6.54 Å². The molecule has 0 atom stereocenters. The highest BCUT2D eigenvalue weighted by atomic mass is 79.9. The summed E-state index contributed by atoms with van der Waals surface area (Å²) in [5.41, 5.74) is 2.11. The zero-order chi connectivity index (χ0) is 8.10. The third-order valence-electron chi connectivity index (χ3n) is 1.37. The van der Waals surface area contributed by atoms with Gasteiger partial charge < -0.3 is 5.32 Å². The highest BCUT2D eigenvalue weighted by molar-refractivity contribution is 9.10. The minimum Gasteiger partial charge on any atom is -0.303 e. The van der Waals surface area contributed by atoms with Crippen LogP contribution < -0.4 is 5.32 Å². The molecule has 1 rings (SSSR count). The molecule has 1 aromatic rings. The van der Waals surface area contributed by atoms with Crippen molar-refractivity contribution in [1.29, 1.82) is 0 Å². The standard InChI is InChI=1S/C8H9Br2N/c9-6-11-5-7-3-1-2-4-8(7)10/h1-4,11H,5-6H2. The molecule has 0 aliphatic carbocycles. The average molecular weight is 279 g/mol. The summed E-state index contributed by atoms with van der Waals surface area (Å²) in [6.45, 7) is 0.896. The first kappa shape index (κ1) is 9.23. The van der Waals surface area contributed by atoms with Gasteiger partial charge in [-0.1, -0.05) is 50.1 Å². The van der Waals surface area contributed by atoms with Crippen molar-refractivity contribution in [1.82, 2.24) is 5.32 Å². The van der Waals surface area contributed by atoms with Crippen LogP contribution in [0, 0.1) is 0 Å². The fraction of sp³-hybridized carbons (Fsp3) is 0.250. The van der Waals surface area contributed by atoms with Crippen molar-refractivity contribution in [2.75, 3.05) is 5.45 Å². The van der Waals surface area contributed by atoms with Crippen LogP contribution in [-0.2, 0) is 6.54 Å². The maximum atomic E-state index is 3.47. The predicted molar refractivity (Wildman–Crippen MR) is 54.8 cm³/mol. The summed E-state index contributed by atoms with van der Waals surface area (Å²) in [5, 5.41) is 3.19. The lowest BCUT2D eigenvalue weighted by molar-refractivity contribution is 0.799. The first-order valence-corrected chi connectivity index (χ1v) is 5.26. The molecule has 0 aliphatic rings. The van der Waals surface area contributed by atoms with Crippen molar-refractivity contribution < 1.29 is 0 Å². The summed E-state index contributed by atoms with van der Waals surface area (Å²) < 4.78 is 1.16. The van der Waals surface area contributed by atoms with E-state index in [-0.39, 0.29) is 0 Å². The van der Waals surface area contributed by atoms with E-state index in [9.17, 15) is 0 Å². The Morgan fingerprint density at radius 3 is 2.64 bits per heavy atom. The van der Waals surface area contributed by atoms with Gasteiger partial charge in [0.2, 0.25) is 0 Å². The monoisotopic (exact) mass is 277 g/mol. The number of nitrogens with one attached hydrogen (secondary N) is 1. The summed E-state index contributed by atoms with van der Waals surface area (Å²) in [6.07, 6.45) is 0. The second-order valence-corrected chi connectivity index (χ2v) is 3.57. The van der Waals surface area contributed by atoms with E-state index in [1.165, 1.54) is 5.56 Å². The SMILES string of the molecule is BrCNCc1ccccc1Br. The molecule has 11 heavy (non-hydrogen) atoms. The van der Waals surface area contributed by atoms with Gasteiger partial charge in [0.15, 0.2) is 0 Å². The molecule has 0 saturated heterocycles. The lowest BCUT2D eigenvalue weighted by atomic mass is 10.2. The van der Waals surface area contributed by atoms with Crippen LogP contribution in [0.2, 0.25) is 0 Å². The Labute approximate surface area is 83.4 Å². The Morgan fingerprint density at radius 2 is 2.00 bits per heavy atom. The van der Waals surface area contributed by atoms with E-state index < -0.39 is 0 Å². The van der Waals surface area contributed by atoms with Gasteiger partial charge in [0, 0.05) is 11.0 Å². The Bertz CT molecular complexity index is 225. The van der Waals surface area contributed by atoms with E-state index in [1.54, 1.807) is 0 Å². The molecule has 0 saturated carbocycles. The third-order valence-corrected chi connectivity index (χ3v) is 2.54. The highest BCUT2D eigenvalue weighted by Crippen LogP contribution is 2.15. The Morgan fingerprint density at radius 1 is 1.27 bits per heavy atom. The molecule has 3 heteroatoms. The van der Waals surface area contributed by atoms with Crippen LogP contribution in [0.4, 0.5) is 0 Å². The Hall–Kier alpha value is 0.140. The van der Waals surface area contributed by atoms with Crippen molar-refractivity contribution in [3.05, 3.63) is 34.3 Å². The highest BCUT2D eigenvalue weighted by Gasteiger charge is 1.95. The molecular formula is C8H9Br2N. The van der Waals surface area contributed by atoms with Gasteiger partial charge in [-0.25, -0.2) is 0 Å². The molecule has 0 unspecified atom stereocenters. The molecule has 0 fully saturated rings.